The van der Waals surface area contributed by atoms with Crippen molar-refractivity contribution >= 4 is 0 Å². The Balaban J connectivity index is 2.04. The van der Waals surface area contributed by atoms with Gasteiger partial charge in [0.25, 0.3) is 0 Å². The predicted octanol–water partition coefficient (Wildman–Crippen LogP) is 2.20. The molecule has 0 amide bonds. The summed E-state index contributed by atoms with van der Waals surface area (Å²) in [4.78, 5) is 0. The minimum absolute atomic E-state index is 0.0199. The van der Waals surface area contributed by atoms with Gasteiger partial charge in [-0.2, -0.15) is 0 Å². The van der Waals surface area contributed by atoms with Crippen LogP contribution in [0.4, 0.5) is 8.78 Å². The molecule has 1 saturated carbocycles. The molecule has 0 atom stereocenters. The molecule has 1 aromatic carbocycles. The Hall–Kier alpha value is -0.960. The van der Waals surface area contributed by atoms with E-state index >= 15 is 0 Å². The van der Waals surface area contributed by atoms with Gasteiger partial charge in [-0.05, 0) is 30.5 Å². The smallest absolute Gasteiger partial charge is 0.123 e. The molecule has 76 valence electrons. The van der Waals surface area contributed by atoms with Crippen molar-refractivity contribution in [3.63, 3.8) is 0 Å². The lowest BCUT2D eigenvalue weighted by Gasteiger charge is -2.39. The average Bonchev–Trinajstić information content (AvgIpc) is 2.00. The van der Waals surface area contributed by atoms with Gasteiger partial charge in [-0.3, -0.25) is 0 Å². The lowest BCUT2D eigenvalue weighted by atomic mass is 9.74. The van der Waals surface area contributed by atoms with E-state index in [0.29, 0.717) is 18.4 Å². The molecule has 0 aromatic heterocycles. The minimum atomic E-state index is -1.20. The second kappa shape index (κ2) is 3.31. The molecule has 0 radical (unpaired) electrons. The minimum Gasteiger partial charge on any atom is -0.327 e. The van der Waals surface area contributed by atoms with Crippen LogP contribution >= 0.6 is 0 Å². The molecule has 0 spiro atoms. The maximum Gasteiger partial charge on any atom is 0.123 e. The highest BCUT2D eigenvalue weighted by molar-refractivity contribution is 5.20. The van der Waals surface area contributed by atoms with Crippen molar-refractivity contribution in [3.8, 4) is 0 Å². The van der Waals surface area contributed by atoms with Crippen LogP contribution in [-0.4, -0.2) is 11.7 Å². The molecular weight excluding hydrogens is 184 g/mol. The average molecular weight is 197 g/mol. The molecule has 2 N–H and O–H groups in total. The van der Waals surface area contributed by atoms with Crippen molar-refractivity contribution in [1.29, 1.82) is 0 Å². The van der Waals surface area contributed by atoms with Gasteiger partial charge >= 0.3 is 0 Å². The maximum absolute atomic E-state index is 13.8. The van der Waals surface area contributed by atoms with Crippen LogP contribution in [0.3, 0.4) is 0 Å². The number of hydrogen-bond donors (Lipinski definition) is 1. The van der Waals surface area contributed by atoms with Crippen LogP contribution in [0, 0.1) is 5.82 Å². The van der Waals surface area contributed by atoms with Gasteiger partial charge in [0.2, 0.25) is 0 Å². The van der Waals surface area contributed by atoms with Gasteiger partial charge in [0, 0.05) is 12.5 Å². The van der Waals surface area contributed by atoms with E-state index in [1.807, 2.05) is 0 Å². The zero-order valence-corrected chi connectivity index (χ0v) is 7.84. The van der Waals surface area contributed by atoms with E-state index in [-0.39, 0.29) is 18.3 Å². The Morgan fingerprint density at radius 1 is 1.43 bits per heavy atom. The molecule has 0 bridgehead atoms. The van der Waals surface area contributed by atoms with E-state index < -0.39 is 5.67 Å². The summed E-state index contributed by atoms with van der Waals surface area (Å²) in [5.74, 6) is -0.310. The van der Waals surface area contributed by atoms with Crippen LogP contribution in [0.2, 0.25) is 0 Å². The quantitative estimate of drug-likeness (QED) is 0.772. The molecule has 1 nitrogen and oxygen atoms in total. The third-order valence-electron chi connectivity index (χ3n) is 2.67. The Labute approximate surface area is 81.9 Å². The first-order chi connectivity index (χ1) is 6.57. The Morgan fingerprint density at radius 2 is 2.14 bits per heavy atom. The van der Waals surface area contributed by atoms with E-state index in [4.69, 9.17) is 5.73 Å². The fourth-order valence-electron chi connectivity index (χ4n) is 2.04. The Kier molecular flexibility index (Phi) is 2.27. The molecule has 2 rings (SSSR count). The van der Waals surface area contributed by atoms with Crippen LogP contribution in [0.1, 0.15) is 18.4 Å². The van der Waals surface area contributed by atoms with Crippen LogP contribution in [0.15, 0.2) is 24.3 Å². The number of nitrogens with two attached hydrogens (primary N) is 1. The normalized spacial score (nSPS) is 31.2. The van der Waals surface area contributed by atoms with Gasteiger partial charge in [0.15, 0.2) is 0 Å². The molecule has 3 heteroatoms. The molecule has 0 unspecified atom stereocenters. The topological polar surface area (TPSA) is 26.0 Å². The molecular formula is C11H13F2N. The van der Waals surface area contributed by atoms with Crippen LogP contribution in [0.5, 0.6) is 0 Å². The summed E-state index contributed by atoms with van der Waals surface area (Å²) in [6, 6.07) is 6.07. The molecule has 0 heterocycles. The van der Waals surface area contributed by atoms with E-state index in [9.17, 15) is 8.78 Å². The number of hydrogen-bond acceptors (Lipinski definition) is 1. The van der Waals surface area contributed by atoms with Gasteiger partial charge in [0.1, 0.15) is 11.5 Å². The number of rotatable bonds is 2. The predicted molar refractivity (Wildman–Crippen MR) is 51.2 cm³/mol. The third kappa shape index (κ3) is 1.93. The lowest BCUT2D eigenvalue weighted by Crippen LogP contribution is -2.49. The van der Waals surface area contributed by atoms with E-state index in [2.05, 4.69) is 0 Å². The van der Waals surface area contributed by atoms with Crippen LogP contribution in [0.25, 0.3) is 0 Å². The Morgan fingerprint density at radius 3 is 2.71 bits per heavy atom. The van der Waals surface area contributed by atoms with Gasteiger partial charge < -0.3 is 5.73 Å². The maximum atomic E-state index is 13.8. The van der Waals surface area contributed by atoms with Crippen molar-refractivity contribution < 1.29 is 8.78 Å². The lowest BCUT2D eigenvalue weighted by molar-refractivity contribution is 0.0444. The molecule has 0 saturated heterocycles. The SMILES string of the molecule is NC1CC(F)(Cc2cccc(F)c2)C1. The standard InChI is InChI=1S/C11H13F2N/c12-9-3-1-2-8(4-9)5-11(13)6-10(14)7-11/h1-4,10H,5-7,14H2. The summed E-state index contributed by atoms with van der Waals surface area (Å²) in [5, 5.41) is 0. The summed E-state index contributed by atoms with van der Waals surface area (Å²) in [7, 11) is 0. The first-order valence-electron chi connectivity index (χ1n) is 4.76. The third-order valence-corrected chi connectivity index (χ3v) is 2.67. The van der Waals surface area contributed by atoms with E-state index in [0.717, 1.165) is 0 Å². The number of alkyl halides is 1. The highest BCUT2D eigenvalue weighted by Gasteiger charge is 2.42. The molecule has 0 aliphatic heterocycles. The fraction of sp³-hybridized carbons (Fsp3) is 0.455. The second-order valence-corrected chi connectivity index (χ2v) is 4.13. The van der Waals surface area contributed by atoms with E-state index in [1.165, 1.54) is 12.1 Å². The summed E-state index contributed by atoms with van der Waals surface area (Å²) in [6.07, 6.45) is 1.06. The molecule has 1 aliphatic rings. The summed E-state index contributed by atoms with van der Waals surface area (Å²) in [6.45, 7) is 0. The second-order valence-electron chi connectivity index (χ2n) is 4.13. The summed E-state index contributed by atoms with van der Waals surface area (Å²) >= 11 is 0. The Bertz CT molecular complexity index is 332. The van der Waals surface area contributed by atoms with Crippen molar-refractivity contribution in [1.82, 2.24) is 0 Å². The van der Waals surface area contributed by atoms with Crippen LogP contribution in [-0.2, 0) is 6.42 Å². The van der Waals surface area contributed by atoms with Crippen molar-refractivity contribution in [2.75, 3.05) is 0 Å². The number of halogens is 2. The zero-order valence-electron chi connectivity index (χ0n) is 7.84. The van der Waals surface area contributed by atoms with Gasteiger partial charge in [-0.1, -0.05) is 12.1 Å². The molecule has 1 fully saturated rings. The highest BCUT2D eigenvalue weighted by Crippen LogP contribution is 2.37. The summed E-state index contributed by atoms with van der Waals surface area (Å²) < 4.78 is 26.6. The van der Waals surface area contributed by atoms with Crippen molar-refractivity contribution in [2.24, 2.45) is 5.73 Å². The molecule has 14 heavy (non-hydrogen) atoms. The summed E-state index contributed by atoms with van der Waals surface area (Å²) in [5.41, 5.74) is 5.03. The first kappa shape index (κ1) is 9.59. The number of benzene rings is 1. The monoisotopic (exact) mass is 197 g/mol. The molecule has 1 aromatic rings. The van der Waals surface area contributed by atoms with E-state index in [1.54, 1.807) is 12.1 Å². The zero-order chi connectivity index (χ0) is 10.2. The molecule has 1 aliphatic carbocycles. The fourth-order valence-corrected chi connectivity index (χ4v) is 2.04. The van der Waals surface area contributed by atoms with Crippen molar-refractivity contribution in [3.05, 3.63) is 35.6 Å². The highest BCUT2D eigenvalue weighted by atomic mass is 19.1. The first-order valence-corrected chi connectivity index (χ1v) is 4.76. The van der Waals surface area contributed by atoms with Gasteiger partial charge in [0.05, 0.1) is 0 Å². The van der Waals surface area contributed by atoms with Gasteiger partial charge in [-0.25, -0.2) is 8.78 Å². The van der Waals surface area contributed by atoms with Crippen LogP contribution < -0.4 is 5.73 Å². The largest absolute Gasteiger partial charge is 0.327 e. The van der Waals surface area contributed by atoms with Crippen molar-refractivity contribution in [2.45, 2.75) is 31.0 Å². The van der Waals surface area contributed by atoms with Gasteiger partial charge in [-0.15, -0.1) is 0 Å².